The van der Waals surface area contributed by atoms with Crippen LogP contribution >= 0.6 is 24.8 Å². The van der Waals surface area contributed by atoms with Crippen LogP contribution in [0.3, 0.4) is 0 Å². The number of rotatable bonds is 4. The summed E-state index contributed by atoms with van der Waals surface area (Å²) in [6, 6.07) is 9.25. The maximum absolute atomic E-state index is 12.3. The van der Waals surface area contributed by atoms with Gasteiger partial charge in [0.1, 0.15) is 0 Å². The fourth-order valence-corrected chi connectivity index (χ4v) is 3.88. The van der Waals surface area contributed by atoms with Gasteiger partial charge in [0.15, 0.2) is 0 Å². The van der Waals surface area contributed by atoms with Crippen molar-refractivity contribution < 1.29 is 4.79 Å². The largest absolute Gasteiger partial charge is 0.354 e. The van der Waals surface area contributed by atoms with Crippen molar-refractivity contribution in [3.05, 3.63) is 35.4 Å². The number of fused-ring (bicyclic) bond motifs is 1. The minimum absolute atomic E-state index is 0. The van der Waals surface area contributed by atoms with Gasteiger partial charge in [0.25, 0.3) is 0 Å². The molecule has 1 aliphatic heterocycles. The summed E-state index contributed by atoms with van der Waals surface area (Å²) < 4.78 is 0. The zero-order valence-electron chi connectivity index (χ0n) is 14.9. The number of carbonyl (C=O) groups is 1. The highest BCUT2D eigenvalue weighted by Gasteiger charge is 2.26. The minimum atomic E-state index is 0. The summed E-state index contributed by atoms with van der Waals surface area (Å²) in [5.41, 5.74) is 8.89. The lowest BCUT2D eigenvalue weighted by molar-refractivity contribution is -0.126. The van der Waals surface area contributed by atoms with E-state index < -0.39 is 0 Å². The van der Waals surface area contributed by atoms with E-state index in [2.05, 4.69) is 41.4 Å². The average Bonchev–Trinajstić information content (AvgIpc) is 2.59. The first-order valence-electron chi connectivity index (χ1n) is 8.97. The molecule has 0 spiro atoms. The lowest BCUT2D eigenvalue weighted by Gasteiger charge is -2.34. The molecule has 1 saturated carbocycles. The maximum atomic E-state index is 12.3. The third-order valence-corrected chi connectivity index (χ3v) is 5.44. The number of nitrogens with two attached hydrogens (primary N) is 1. The molecule has 4 nitrogen and oxygen atoms in total. The molecule has 0 aromatic heterocycles. The van der Waals surface area contributed by atoms with Crippen LogP contribution in [0.1, 0.15) is 43.7 Å². The highest BCUT2D eigenvalue weighted by atomic mass is 35.5. The third-order valence-electron chi connectivity index (χ3n) is 5.44. The normalized spacial score (nSPS) is 24.2. The molecule has 1 aromatic rings. The molecule has 1 aromatic carbocycles. The summed E-state index contributed by atoms with van der Waals surface area (Å²) in [6.45, 7) is 5.00. The number of nitrogens with one attached hydrogen (secondary N) is 1. The van der Waals surface area contributed by atoms with Crippen LogP contribution in [0.25, 0.3) is 0 Å². The number of hydrogen-bond acceptors (Lipinski definition) is 3. The first kappa shape index (κ1) is 22.2. The number of halogens is 2. The smallest absolute Gasteiger partial charge is 0.223 e. The van der Waals surface area contributed by atoms with E-state index >= 15 is 0 Å². The number of hydrogen-bond donors (Lipinski definition) is 2. The van der Waals surface area contributed by atoms with E-state index in [-0.39, 0.29) is 42.7 Å². The summed E-state index contributed by atoms with van der Waals surface area (Å²) >= 11 is 0. The second kappa shape index (κ2) is 10.4. The van der Waals surface area contributed by atoms with E-state index in [1.165, 1.54) is 11.1 Å². The van der Waals surface area contributed by atoms with Crippen LogP contribution < -0.4 is 11.1 Å². The number of nitrogens with zero attached hydrogens (tertiary/aromatic N) is 1. The molecule has 142 valence electrons. The van der Waals surface area contributed by atoms with Gasteiger partial charge in [-0.2, -0.15) is 0 Å². The van der Waals surface area contributed by atoms with Gasteiger partial charge in [-0.25, -0.2) is 0 Å². The van der Waals surface area contributed by atoms with E-state index in [1.807, 2.05) is 0 Å². The van der Waals surface area contributed by atoms with Gasteiger partial charge >= 0.3 is 0 Å². The Balaban J connectivity index is 0.00000156. The predicted octanol–water partition coefficient (Wildman–Crippen LogP) is 2.91. The Labute approximate surface area is 163 Å². The molecular formula is C19H31Cl2N3O. The maximum Gasteiger partial charge on any atom is 0.223 e. The van der Waals surface area contributed by atoms with Crippen molar-refractivity contribution in [3.63, 3.8) is 0 Å². The SMILES string of the molecule is CC(CNC(=O)C1CCCC(N)C1)N1CCc2ccccc2C1.Cl.Cl. The van der Waals surface area contributed by atoms with E-state index in [4.69, 9.17) is 5.73 Å². The van der Waals surface area contributed by atoms with Crippen LogP contribution in [0.2, 0.25) is 0 Å². The quantitative estimate of drug-likeness (QED) is 0.834. The van der Waals surface area contributed by atoms with E-state index in [9.17, 15) is 4.79 Å². The third kappa shape index (κ3) is 5.85. The molecular weight excluding hydrogens is 357 g/mol. The highest BCUT2D eigenvalue weighted by Crippen LogP contribution is 2.23. The van der Waals surface area contributed by atoms with Gasteiger partial charge in [0, 0.05) is 37.6 Å². The van der Waals surface area contributed by atoms with Gasteiger partial charge in [-0.15, -0.1) is 24.8 Å². The van der Waals surface area contributed by atoms with Gasteiger partial charge in [-0.05, 0) is 43.7 Å². The van der Waals surface area contributed by atoms with Gasteiger partial charge in [-0.1, -0.05) is 30.7 Å². The van der Waals surface area contributed by atoms with Crippen molar-refractivity contribution >= 4 is 30.7 Å². The predicted molar refractivity (Wildman–Crippen MR) is 107 cm³/mol. The molecule has 1 aliphatic carbocycles. The fourth-order valence-electron chi connectivity index (χ4n) is 3.88. The summed E-state index contributed by atoms with van der Waals surface area (Å²) in [5, 5.41) is 3.16. The first-order chi connectivity index (χ1) is 11.1. The monoisotopic (exact) mass is 387 g/mol. The number of amides is 1. The van der Waals surface area contributed by atoms with Crippen LogP contribution in [-0.2, 0) is 17.8 Å². The fraction of sp³-hybridized carbons (Fsp3) is 0.632. The Morgan fingerprint density at radius 1 is 1.28 bits per heavy atom. The Bertz CT molecular complexity index is 555. The lowest BCUT2D eigenvalue weighted by atomic mass is 9.85. The van der Waals surface area contributed by atoms with Crippen molar-refractivity contribution in [2.24, 2.45) is 11.7 Å². The summed E-state index contributed by atoms with van der Waals surface area (Å²) in [5.74, 6) is 0.317. The molecule has 0 bridgehead atoms. The zero-order chi connectivity index (χ0) is 16.2. The average molecular weight is 388 g/mol. The Hall–Kier alpha value is -0.810. The van der Waals surface area contributed by atoms with Gasteiger partial charge in [0.2, 0.25) is 5.91 Å². The van der Waals surface area contributed by atoms with Crippen LogP contribution in [-0.4, -0.2) is 36.0 Å². The molecule has 0 saturated heterocycles. The highest BCUT2D eigenvalue weighted by molar-refractivity contribution is 5.85. The van der Waals surface area contributed by atoms with Crippen molar-refractivity contribution in [1.82, 2.24) is 10.2 Å². The number of carbonyl (C=O) groups excluding carboxylic acids is 1. The van der Waals surface area contributed by atoms with Crippen LogP contribution in [0, 0.1) is 5.92 Å². The molecule has 1 heterocycles. The summed E-state index contributed by atoms with van der Waals surface area (Å²) in [7, 11) is 0. The van der Waals surface area contributed by atoms with Gasteiger partial charge < -0.3 is 11.1 Å². The number of benzene rings is 1. The molecule has 2 aliphatic rings. The van der Waals surface area contributed by atoms with Gasteiger partial charge in [-0.3, -0.25) is 9.69 Å². The van der Waals surface area contributed by atoms with Crippen molar-refractivity contribution in [2.45, 2.75) is 57.7 Å². The first-order valence-corrected chi connectivity index (χ1v) is 8.97. The molecule has 3 atom stereocenters. The van der Waals surface area contributed by atoms with E-state index in [0.29, 0.717) is 6.04 Å². The van der Waals surface area contributed by atoms with E-state index in [1.54, 1.807) is 0 Å². The minimum Gasteiger partial charge on any atom is -0.354 e. The molecule has 3 rings (SSSR count). The molecule has 3 unspecified atom stereocenters. The second-order valence-corrected chi connectivity index (χ2v) is 7.21. The van der Waals surface area contributed by atoms with Crippen LogP contribution in [0.15, 0.2) is 24.3 Å². The van der Waals surface area contributed by atoms with Crippen LogP contribution in [0.4, 0.5) is 0 Å². The summed E-state index contributed by atoms with van der Waals surface area (Å²) in [6.07, 6.45) is 5.08. The molecule has 0 radical (unpaired) electrons. The van der Waals surface area contributed by atoms with Crippen LogP contribution in [0.5, 0.6) is 0 Å². The van der Waals surface area contributed by atoms with Gasteiger partial charge in [0.05, 0.1) is 0 Å². The van der Waals surface area contributed by atoms with Crippen molar-refractivity contribution in [3.8, 4) is 0 Å². The molecule has 3 N–H and O–H groups in total. The second-order valence-electron chi connectivity index (χ2n) is 7.21. The topological polar surface area (TPSA) is 58.4 Å². The van der Waals surface area contributed by atoms with Crippen molar-refractivity contribution in [1.29, 1.82) is 0 Å². The molecule has 1 amide bonds. The Morgan fingerprint density at radius 3 is 2.72 bits per heavy atom. The standard InChI is InChI=1S/C19H29N3O.2ClH/c1-14(12-21-19(23)16-7-4-8-18(20)11-16)22-10-9-15-5-2-3-6-17(15)13-22;;/h2-3,5-6,14,16,18H,4,7-13,20H2,1H3,(H,21,23);2*1H. The Kier molecular flexibility index (Phi) is 9.22. The van der Waals surface area contributed by atoms with Crippen molar-refractivity contribution in [2.75, 3.05) is 13.1 Å². The summed E-state index contributed by atoms with van der Waals surface area (Å²) in [4.78, 5) is 14.8. The van der Waals surface area contributed by atoms with E-state index in [0.717, 1.165) is 51.7 Å². The molecule has 6 heteroatoms. The lowest BCUT2D eigenvalue weighted by Crippen LogP contribution is -2.46. The molecule has 1 fully saturated rings. The Morgan fingerprint density at radius 2 is 2.00 bits per heavy atom. The zero-order valence-corrected chi connectivity index (χ0v) is 16.6. The molecule has 25 heavy (non-hydrogen) atoms.